The molecule has 150 valence electrons. The summed E-state index contributed by atoms with van der Waals surface area (Å²) in [5.74, 6) is -1.04. The van der Waals surface area contributed by atoms with Crippen LogP contribution in [0.25, 0.3) is 0 Å². The molecule has 3 rings (SSSR count). The zero-order chi connectivity index (χ0) is 20.1. The Labute approximate surface area is 168 Å². The van der Waals surface area contributed by atoms with E-state index in [-0.39, 0.29) is 31.4 Å². The molecule has 2 aliphatic rings. The third-order valence-electron chi connectivity index (χ3n) is 5.09. The quantitative estimate of drug-likeness (QED) is 0.490. The van der Waals surface area contributed by atoms with Crippen molar-refractivity contribution in [3.05, 3.63) is 34.9 Å². The molecular weight excluding hydrogens is 384 g/mol. The lowest BCUT2D eigenvalue weighted by atomic mass is 9.82. The maximum Gasteiger partial charge on any atom is 0.325 e. The highest BCUT2D eigenvalue weighted by Gasteiger charge is 2.51. The Morgan fingerprint density at radius 1 is 1.04 bits per heavy atom. The summed E-state index contributed by atoms with van der Waals surface area (Å²) in [6, 6.07) is 5.94. The molecule has 1 aliphatic heterocycles. The van der Waals surface area contributed by atoms with Gasteiger partial charge in [-0.1, -0.05) is 30.9 Å². The molecule has 2 fully saturated rings. The molecule has 0 atom stereocenters. The van der Waals surface area contributed by atoms with Gasteiger partial charge in [-0.25, -0.2) is 4.79 Å². The van der Waals surface area contributed by atoms with Crippen LogP contribution in [0.1, 0.15) is 42.5 Å². The molecule has 0 radical (unpaired) electrons. The van der Waals surface area contributed by atoms with Gasteiger partial charge in [0.05, 0.1) is 0 Å². The molecule has 9 heteroatoms. The minimum Gasteiger partial charge on any atom is -0.353 e. The van der Waals surface area contributed by atoms with E-state index < -0.39 is 17.5 Å². The maximum absolute atomic E-state index is 12.6. The third kappa shape index (κ3) is 4.44. The van der Waals surface area contributed by atoms with Crippen LogP contribution in [-0.2, 0) is 9.59 Å². The summed E-state index contributed by atoms with van der Waals surface area (Å²) in [4.78, 5) is 49.8. The fourth-order valence-corrected chi connectivity index (χ4v) is 3.72. The maximum atomic E-state index is 12.6. The molecule has 0 aromatic heterocycles. The number of carbonyl (C=O) groups is 4. The first-order valence-corrected chi connectivity index (χ1v) is 9.74. The topological polar surface area (TPSA) is 108 Å². The molecule has 1 spiro atoms. The number of amides is 5. The van der Waals surface area contributed by atoms with Crippen LogP contribution in [0.15, 0.2) is 24.3 Å². The molecule has 1 saturated heterocycles. The number of benzene rings is 1. The summed E-state index contributed by atoms with van der Waals surface area (Å²) in [6.07, 6.45) is 4.06. The number of rotatable bonds is 6. The molecular formula is C19H23ClN4O4. The zero-order valence-corrected chi connectivity index (χ0v) is 16.2. The van der Waals surface area contributed by atoms with Gasteiger partial charge in [-0.15, -0.1) is 0 Å². The normalized spacial score (nSPS) is 18.1. The van der Waals surface area contributed by atoms with E-state index in [4.69, 9.17) is 11.6 Å². The number of hydrogen-bond acceptors (Lipinski definition) is 4. The minimum absolute atomic E-state index is 0.187. The van der Waals surface area contributed by atoms with E-state index in [9.17, 15) is 19.2 Å². The lowest BCUT2D eigenvalue weighted by Crippen LogP contribution is -2.49. The summed E-state index contributed by atoms with van der Waals surface area (Å²) in [6.45, 7) is 0.0851. The molecule has 8 nitrogen and oxygen atoms in total. The molecule has 0 bridgehead atoms. The van der Waals surface area contributed by atoms with Gasteiger partial charge < -0.3 is 16.0 Å². The molecule has 28 heavy (non-hydrogen) atoms. The monoisotopic (exact) mass is 406 g/mol. The first kappa shape index (κ1) is 20.1. The lowest BCUT2D eigenvalue weighted by Gasteiger charge is -2.30. The first-order valence-electron chi connectivity index (χ1n) is 9.36. The molecule has 1 aromatic carbocycles. The molecule has 0 unspecified atom stereocenters. The highest BCUT2D eigenvalue weighted by atomic mass is 35.5. The molecule has 1 saturated carbocycles. The van der Waals surface area contributed by atoms with Crippen molar-refractivity contribution in [2.75, 3.05) is 19.6 Å². The smallest absolute Gasteiger partial charge is 0.325 e. The van der Waals surface area contributed by atoms with E-state index in [1.165, 1.54) is 0 Å². The van der Waals surface area contributed by atoms with Crippen molar-refractivity contribution >= 4 is 35.4 Å². The Kier molecular flexibility index (Phi) is 6.18. The van der Waals surface area contributed by atoms with Gasteiger partial charge in [0.2, 0.25) is 5.91 Å². The third-order valence-corrected chi connectivity index (χ3v) is 5.35. The molecule has 5 amide bonds. The summed E-state index contributed by atoms with van der Waals surface area (Å²) in [5, 5.41) is 8.60. The Balaban J connectivity index is 1.42. The highest BCUT2D eigenvalue weighted by molar-refractivity contribution is 6.30. The molecule has 1 aromatic rings. The van der Waals surface area contributed by atoms with Gasteiger partial charge in [-0.05, 0) is 37.1 Å². The van der Waals surface area contributed by atoms with Crippen LogP contribution in [0.3, 0.4) is 0 Å². The molecule has 1 aliphatic carbocycles. The highest BCUT2D eigenvalue weighted by Crippen LogP contribution is 2.33. The van der Waals surface area contributed by atoms with Crippen LogP contribution in [-0.4, -0.2) is 53.8 Å². The van der Waals surface area contributed by atoms with Crippen molar-refractivity contribution in [2.45, 2.75) is 37.6 Å². The van der Waals surface area contributed by atoms with Gasteiger partial charge in [-0.3, -0.25) is 19.3 Å². The first-order chi connectivity index (χ1) is 13.4. The van der Waals surface area contributed by atoms with E-state index in [0.29, 0.717) is 23.4 Å². The SMILES string of the molecule is O=C(CN1C(=O)NC2(CCCCC2)C1=O)NCCNC(=O)c1ccc(Cl)cc1. The molecule has 3 N–H and O–H groups in total. The Morgan fingerprint density at radius 2 is 1.68 bits per heavy atom. The fraction of sp³-hybridized carbons (Fsp3) is 0.474. The van der Waals surface area contributed by atoms with Crippen LogP contribution in [0.2, 0.25) is 5.02 Å². The summed E-state index contributed by atoms with van der Waals surface area (Å²) < 4.78 is 0. The number of hydrogen-bond donors (Lipinski definition) is 3. The van der Waals surface area contributed by atoms with Crippen LogP contribution in [0.5, 0.6) is 0 Å². The lowest BCUT2D eigenvalue weighted by molar-refractivity contribution is -0.135. The summed E-state index contributed by atoms with van der Waals surface area (Å²) >= 11 is 5.78. The van der Waals surface area contributed by atoms with Gasteiger partial charge in [0, 0.05) is 23.7 Å². The van der Waals surface area contributed by atoms with Gasteiger partial charge in [0.25, 0.3) is 11.8 Å². The Morgan fingerprint density at radius 3 is 2.36 bits per heavy atom. The fourth-order valence-electron chi connectivity index (χ4n) is 3.59. The van der Waals surface area contributed by atoms with Crippen molar-refractivity contribution in [3.8, 4) is 0 Å². The van der Waals surface area contributed by atoms with Crippen LogP contribution < -0.4 is 16.0 Å². The van der Waals surface area contributed by atoms with E-state index in [1.54, 1.807) is 24.3 Å². The number of urea groups is 1. The number of nitrogens with one attached hydrogen (secondary N) is 3. The van der Waals surface area contributed by atoms with Gasteiger partial charge >= 0.3 is 6.03 Å². The number of carbonyl (C=O) groups excluding carboxylic acids is 4. The van der Waals surface area contributed by atoms with E-state index in [2.05, 4.69) is 16.0 Å². The number of imide groups is 1. The number of halogens is 1. The Bertz CT molecular complexity index is 775. The predicted molar refractivity (Wildman–Crippen MR) is 103 cm³/mol. The predicted octanol–water partition coefficient (Wildman–Crippen LogP) is 1.44. The summed E-state index contributed by atoms with van der Waals surface area (Å²) in [5.41, 5.74) is -0.366. The van der Waals surface area contributed by atoms with E-state index in [1.807, 2.05) is 0 Å². The van der Waals surface area contributed by atoms with Crippen molar-refractivity contribution in [2.24, 2.45) is 0 Å². The minimum atomic E-state index is -0.831. The van der Waals surface area contributed by atoms with Gasteiger partial charge in [-0.2, -0.15) is 0 Å². The average Bonchev–Trinajstić information content (AvgIpc) is 2.90. The van der Waals surface area contributed by atoms with E-state index in [0.717, 1.165) is 24.2 Å². The van der Waals surface area contributed by atoms with Crippen molar-refractivity contribution in [1.82, 2.24) is 20.9 Å². The van der Waals surface area contributed by atoms with Gasteiger partial charge in [0.15, 0.2) is 0 Å². The average molecular weight is 407 g/mol. The summed E-state index contributed by atoms with van der Waals surface area (Å²) in [7, 11) is 0. The number of nitrogens with zero attached hydrogens (tertiary/aromatic N) is 1. The standard InChI is InChI=1S/C19H23ClN4O4/c20-14-6-4-13(5-7-14)16(26)22-11-10-21-15(25)12-24-17(27)19(23-18(24)28)8-2-1-3-9-19/h4-7H,1-3,8-12H2,(H,21,25)(H,22,26)(H,23,28). The zero-order valence-electron chi connectivity index (χ0n) is 15.4. The Hall–Kier alpha value is -2.61. The van der Waals surface area contributed by atoms with Gasteiger partial charge in [0.1, 0.15) is 12.1 Å². The second kappa shape index (κ2) is 8.60. The van der Waals surface area contributed by atoms with Crippen LogP contribution in [0, 0.1) is 0 Å². The van der Waals surface area contributed by atoms with Crippen molar-refractivity contribution in [3.63, 3.8) is 0 Å². The van der Waals surface area contributed by atoms with Crippen LogP contribution >= 0.6 is 11.6 Å². The van der Waals surface area contributed by atoms with Crippen molar-refractivity contribution < 1.29 is 19.2 Å². The second-order valence-corrected chi connectivity index (χ2v) is 7.51. The molecule has 1 heterocycles. The van der Waals surface area contributed by atoms with Crippen LogP contribution in [0.4, 0.5) is 4.79 Å². The van der Waals surface area contributed by atoms with Crippen molar-refractivity contribution in [1.29, 1.82) is 0 Å². The second-order valence-electron chi connectivity index (χ2n) is 7.08. The van der Waals surface area contributed by atoms with E-state index >= 15 is 0 Å². The largest absolute Gasteiger partial charge is 0.353 e.